The lowest BCUT2D eigenvalue weighted by atomic mass is 9.86. The van der Waals surface area contributed by atoms with Crippen molar-refractivity contribution in [3.05, 3.63) is 59.7 Å². The van der Waals surface area contributed by atoms with Gasteiger partial charge in [0.25, 0.3) is 0 Å². The predicted molar refractivity (Wildman–Crippen MR) is 133 cm³/mol. The molecule has 0 heterocycles. The maximum atomic E-state index is 13.0. The van der Waals surface area contributed by atoms with Crippen molar-refractivity contribution >= 4 is 18.0 Å². The van der Waals surface area contributed by atoms with Gasteiger partial charge in [0.1, 0.15) is 12.6 Å². The van der Waals surface area contributed by atoms with Crippen LogP contribution in [0.1, 0.15) is 63.0 Å². The normalized spacial score (nSPS) is 20.0. The molecule has 0 unspecified atom stereocenters. The minimum Gasteiger partial charge on any atom is -0.481 e. The lowest BCUT2D eigenvalue weighted by Gasteiger charge is -2.29. The second-order valence-corrected chi connectivity index (χ2v) is 10.0. The van der Waals surface area contributed by atoms with Crippen LogP contribution in [0.3, 0.4) is 0 Å². The number of alkyl carbamates (subject to hydrolysis) is 1. The summed E-state index contributed by atoms with van der Waals surface area (Å²) in [6, 6.07) is 15.5. The molecule has 186 valence electrons. The highest BCUT2D eigenvalue weighted by molar-refractivity contribution is 5.86. The Labute approximate surface area is 206 Å². The molecule has 7 nitrogen and oxygen atoms in total. The zero-order valence-corrected chi connectivity index (χ0v) is 20.3. The molecular formula is C28H34N2O5. The number of ether oxygens (including phenoxy) is 1. The summed E-state index contributed by atoms with van der Waals surface area (Å²) in [5.41, 5.74) is 4.59. The molecule has 0 aromatic heterocycles. The first-order valence-corrected chi connectivity index (χ1v) is 12.5. The topological polar surface area (TPSA) is 105 Å². The zero-order chi connectivity index (χ0) is 24.9. The van der Waals surface area contributed by atoms with Crippen molar-refractivity contribution in [1.29, 1.82) is 0 Å². The van der Waals surface area contributed by atoms with E-state index < -0.39 is 18.1 Å². The van der Waals surface area contributed by atoms with Crippen LogP contribution in [-0.4, -0.2) is 41.8 Å². The van der Waals surface area contributed by atoms with Gasteiger partial charge in [-0.25, -0.2) is 4.79 Å². The van der Waals surface area contributed by atoms with E-state index in [0.29, 0.717) is 32.1 Å². The largest absolute Gasteiger partial charge is 0.481 e. The van der Waals surface area contributed by atoms with Crippen molar-refractivity contribution in [2.75, 3.05) is 6.61 Å². The number of nitrogens with one attached hydrogen (secondary N) is 2. The van der Waals surface area contributed by atoms with Gasteiger partial charge in [-0.15, -0.1) is 0 Å². The van der Waals surface area contributed by atoms with Crippen molar-refractivity contribution in [2.24, 2.45) is 11.8 Å². The third-order valence-electron chi connectivity index (χ3n) is 7.08. The van der Waals surface area contributed by atoms with E-state index in [9.17, 15) is 19.5 Å². The van der Waals surface area contributed by atoms with Gasteiger partial charge in [0.15, 0.2) is 0 Å². The lowest BCUT2D eigenvalue weighted by molar-refractivity contribution is -0.142. The van der Waals surface area contributed by atoms with E-state index in [1.54, 1.807) is 0 Å². The molecule has 2 amide bonds. The Kier molecular flexibility index (Phi) is 7.73. The summed E-state index contributed by atoms with van der Waals surface area (Å²) in [7, 11) is 0. The van der Waals surface area contributed by atoms with E-state index in [0.717, 1.165) is 22.3 Å². The maximum absolute atomic E-state index is 13.0. The Hall–Kier alpha value is -3.35. The molecule has 0 bridgehead atoms. The van der Waals surface area contributed by atoms with Gasteiger partial charge in [-0.1, -0.05) is 62.4 Å². The number of aliphatic carboxylic acids is 1. The van der Waals surface area contributed by atoms with E-state index >= 15 is 0 Å². The molecule has 1 atom stereocenters. The monoisotopic (exact) mass is 478 g/mol. The fourth-order valence-electron chi connectivity index (χ4n) is 5.27. The lowest BCUT2D eigenvalue weighted by Crippen LogP contribution is -2.51. The van der Waals surface area contributed by atoms with Gasteiger partial charge in [0.05, 0.1) is 5.92 Å². The minimum atomic E-state index is -0.774. The molecule has 35 heavy (non-hydrogen) atoms. The van der Waals surface area contributed by atoms with Crippen LogP contribution in [0, 0.1) is 11.8 Å². The summed E-state index contributed by atoms with van der Waals surface area (Å²) < 4.78 is 5.64. The number of carbonyl (C=O) groups excluding carboxylic acids is 2. The average Bonchev–Trinajstić information content (AvgIpc) is 3.16. The first-order chi connectivity index (χ1) is 16.8. The number of rotatable bonds is 8. The Morgan fingerprint density at radius 2 is 1.51 bits per heavy atom. The molecule has 0 saturated heterocycles. The third-order valence-corrected chi connectivity index (χ3v) is 7.08. The highest BCUT2D eigenvalue weighted by Crippen LogP contribution is 2.44. The molecule has 1 saturated carbocycles. The van der Waals surface area contributed by atoms with Crippen molar-refractivity contribution in [3.63, 3.8) is 0 Å². The van der Waals surface area contributed by atoms with Crippen LogP contribution in [0.25, 0.3) is 11.1 Å². The van der Waals surface area contributed by atoms with Gasteiger partial charge in [0.2, 0.25) is 5.91 Å². The second kappa shape index (κ2) is 10.9. The number of carboxylic acid groups (broad SMARTS) is 1. The minimum absolute atomic E-state index is 0.0463. The van der Waals surface area contributed by atoms with Gasteiger partial charge in [-0.3, -0.25) is 9.59 Å². The summed E-state index contributed by atoms with van der Waals surface area (Å²) in [5.74, 6) is -1.21. The summed E-state index contributed by atoms with van der Waals surface area (Å²) in [5, 5.41) is 15.0. The quantitative estimate of drug-likeness (QED) is 0.510. The number of hydrogen-bond acceptors (Lipinski definition) is 4. The molecule has 0 radical (unpaired) electrons. The van der Waals surface area contributed by atoms with Crippen molar-refractivity contribution in [2.45, 2.75) is 64.0 Å². The van der Waals surface area contributed by atoms with Crippen LogP contribution in [0.15, 0.2) is 48.5 Å². The van der Waals surface area contributed by atoms with Crippen LogP contribution >= 0.6 is 0 Å². The third kappa shape index (κ3) is 5.84. The molecule has 1 fully saturated rings. The standard InChI is InChI=1S/C28H34N2O5/c1-17(2)15-25(26(31)29-19-13-11-18(12-14-19)27(32)33)30-28(34)35-16-24-22-9-5-3-7-20(22)21-8-4-6-10-23(21)24/h3-10,17-19,24-25H,11-16H2,1-2H3,(H,29,31)(H,30,34)(H,32,33)/t18?,19?,25-/m0/s1. The van der Waals surface area contributed by atoms with Gasteiger partial charge in [0, 0.05) is 12.0 Å². The molecule has 4 rings (SSSR count). The van der Waals surface area contributed by atoms with Gasteiger partial charge in [-0.05, 0) is 60.3 Å². The van der Waals surface area contributed by atoms with Gasteiger partial charge < -0.3 is 20.5 Å². The van der Waals surface area contributed by atoms with Gasteiger partial charge in [-0.2, -0.15) is 0 Å². The molecule has 0 aliphatic heterocycles. The molecule has 2 aliphatic carbocycles. The first-order valence-electron chi connectivity index (χ1n) is 12.5. The van der Waals surface area contributed by atoms with Gasteiger partial charge >= 0.3 is 12.1 Å². The molecule has 3 N–H and O–H groups in total. The van der Waals surface area contributed by atoms with Crippen LogP contribution in [0.4, 0.5) is 4.79 Å². The summed E-state index contributed by atoms with van der Waals surface area (Å²) in [6.07, 6.45) is 2.23. The fourth-order valence-corrected chi connectivity index (χ4v) is 5.27. The van der Waals surface area contributed by atoms with Crippen molar-refractivity contribution in [3.8, 4) is 11.1 Å². The maximum Gasteiger partial charge on any atom is 0.407 e. The molecule has 0 spiro atoms. The van der Waals surface area contributed by atoms with Crippen LogP contribution in [0.2, 0.25) is 0 Å². The average molecular weight is 479 g/mol. The molecular weight excluding hydrogens is 444 g/mol. The number of carbonyl (C=O) groups is 3. The van der Waals surface area contributed by atoms with Crippen molar-refractivity contribution < 1.29 is 24.2 Å². The number of fused-ring (bicyclic) bond motifs is 3. The van der Waals surface area contributed by atoms with E-state index in [1.165, 1.54) is 0 Å². The van der Waals surface area contributed by atoms with E-state index in [2.05, 4.69) is 34.9 Å². The van der Waals surface area contributed by atoms with E-state index in [-0.39, 0.29) is 36.3 Å². The Morgan fingerprint density at radius 1 is 0.943 bits per heavy atom. The van der Waals surface area contributed by atoms with Crippen molar-refractivity contribution in [1.82, 2.24) is 10.6 Å². The zero-order valence-electron chi connectivity index (χ0n) is 20.3. The number of carboxylic acids is 1. The van der Waals surface area contributed by atoms with Crippen LogP contribution < -0.4 is 10.6 Å². The fraction of sp³-hybridized carbons (Fsp3) is 0.464. The molecule has 2 aromatic carbocycles. The summed E-state index contributed by atoms with van der Waals surface area (Å²) in [4.78, 5) is 36.9. The van der Waals surface area contributed by atoms with E-state index in [1.807, 2.05) is 38.1 Å². The molecule has 2 aromatic rings. The highest BCUT2D eigenvalue weighted by Gasteiger charge is 2.31. The SMILES string of the molecule is CC(C)C[C@H](NC(=O)OCC1c2ccccc2-c2ccccc21)C(=O)NC1CCC(C(=O)O)CC1. The Morgan fingerprint density at radius 3 is 2.06 bits per heavy atom. The first kappa shape index (κ1) is 24.8. The Bertz CT molecular complexity index is 1030. The number of hydrogen-bond donors (Lipinski definition) is 3. The second-order valence-electron chi connectivity index (χ2n) is 10.0. The van der Waals surface area contributed by atoms with Crippen LogP contribution in [-0.2, 0) is 14.3 Å². The summed E-state index contributed by atoms with van der Waals surface area (Å²) in [6.45, 7) is 4.19. The summed E-state index contributed by atoms with van der Waals surface area (Å²) >= 11 is 0. The molecule has 2 aliphatic rings. The van der Waals surface area contributed by atoms with Crippen LogP contribution in [0.5, 0.6) is 0 Å². The Balaban J connectivity index is 1.35. The number of amides is 2. The smallest absolute Gasteiger partial charge is 0.407 e. The highest BCUT2D eigenvalue weighted by atomic mass is 16.5. The van der Waals surface area contributed by atoms with E-state index in [4.69, 9.17) is 4.74 Å². The molecule has 7 heteroatoms. The predicted octanol–water partition coefficient (Wildman–Crippen LogP) is 4.70. The number of benzene rings is 2.